The predicted molar refractivity (Wildman–Crippen MR) is 251 cm³/mol. The molecule has 4 rings (SSSR count). The van der Waals surface area contributed by atoms with Gasteiger partial charge in [-0.15, -0.1) is 0 Å². The van der Waals surface area contributed by atoms with Crippen molar-refractivity contribution in [2.75, 3.05) is 26.2 Å². The van der Waals surface area contributed by atoms with Gasteiger partial charge in [-0.3, -0.25) is 9.59 Å². The Labute approximate surface area is 369 Å². The number of hydrogen-bond donors (Lipinski definition) is 1. The van der Waals surface area contributed by atoms with Crippen LogP contribution in [0.15, 0.2) is 35.5 Å². The summed E-state index contributed by atoms with van der Waals surface area (Å²) in [6.45, 7) is 21.1. The zero-order valence-corrected chi connectivity index (χ0v) is 40.3. The standard InChI is InChI=1S/C54H93NO5/c1-9-11-13-15-17-19-23-45(22-18-16-14-12-10-2)59-51(57)32-37-55(36-20-21-39-56)38-33-52(58)60-46-30-34-53(7)44(40-46)26-27-47-49-29-28-48(54(49,8)35-31-50(47)53)43(6)25-24-42(5)41(3)4/h24-27,41-43,45-46,48-50,56H,9-23,28-40H2,1-8H3/b25-24+. The number of nitrogens with zero attached hydrogens (tertiary/aromatic N) is 1. The molecule has 1 N–H and O–H groups in total. The maximum atomic E-state index is 13.4. The lowest BCUT2D eigenvalue weighted by Crippen LogP contribution is -2.46. The molecule has 0 spiro atoms. The number of carbonyl (C=O) groups is 2. The van der Waals surface area contributed by atoms with Gasteiger partial charge in [0.25, 0.3) is 0 Å². The first-order valence-electron chi connectivity index (χ1n) is 25.7. The Kier molecular flexibility index (Phi) is 22.0. The predicted octanol–water partition coefficient (Wildman–Crippen LogP) is 13.8. The minimum absolute atomic E-state index is 0.00930. The van der Waals surface area contributed by atoms with E-state index in [-0.39, 0.29) is 36.2 Å². The molecule has 0 saturated heterocycles. The molecule has 0 bridgehead atoms. The molecule has 0 heterocycles. The van der Waals surface area contributed by atoms with E-state index < -0.39 is 0 Å². The van der Waals surface area contributed by atoms with Crippen molar-refractivity contribution >= 4 is 11.9 Å². The van der Waals surface area contributed by atoms with Crippen molar-refractivity contribution < 1.29 is 24.2 Å². The van der Waals surface area contributed by atoms with Gasteiger partial charge in [0.2, 0.25) is 0 Å². The van der Waals surface area contributed by atoms with Crippen molar-refractivity contribution in [3.05, 3.63) is 35.5 Å². The fourth-order valence-electron chi connectivity index (χ4n) is 11.8. The van der Waals surface area contributed by atoms with Gasteiger partial charge in [0.05, 0.1) is 12.8 Å². The van der Waals surface area contributed by atoms with Crippen LogP contribution in [0.25, 0.3) is 0 Å². The summed E-state index contributed by atoms with van der Waals surface area (Å²) in [7, 11) is 0. The summed E-state index contributed by atoms with van der Waals surface area (Å²) in [5.41, 5.74) is 3.74. The molecule has 4 aliphatic rings. The highest BCUT2D eigenvalue weighted by Gasteiger charge is 2.57. The van der Waals surface area contributed by atoms with E-state index in [1.54, 1.807) is 5.57 Å². The molecular formula is C54H93NO5. The Morgan fingerprint density at radius 1 is 0.750 bits per heavy atom. The minimum Gasteiger partial charge on any atom is -0.462 e. The highest BCUT2D eigenvalue weighted by atomic mass is 16.5. The van der Waals surface area contributed by atoms with Crippen LogP contribution in [0.2, 0.25) is 0 Å². The molecule has 0 amide bonds. The average molecular weight is 836 g/mol. The number of ether oxygens (including phenoxy) is 2. The van der Waals surface area contributed by atoms with E-state index in [2.05, 4.69) is 84.6 Å². The van der Waals surface area contributed by atoms with Crippen LogP contribution in [0.1, 0.15) is 209 Å². The summed E-state index contributed by atoms with van der Waals surface area (Å²) >= 11 is 0. The maximum Gasteiger partial charge on any atom is 0.307 e. The van der Waals surface area contributed by atoms with E-state index in [1.165, 1.54) is 89.0 Å². The maximum absolute atomic E-state index is 13.4. The lowest BCUT2D eigenvalue weighted by atomic mass is 9.50. The molecule has 6 heteroatoms. The van der Waals surface area contributed by atoms with Gasteiger partial charge in [-0.05, 0) is 130 Å². The van der Waals surface area contributed by atoms with E-state index in [1.807, 2.05) is 0 Å². The lowest BCUT2D eigenvalue weighted by Gasteiger charge is -2.55. The van der Waals surface area contributed by atoms with E-state index in [4.69, 9.17) is 9.47 Å². The summed E-state index contributed by atoms with van der Waals surface area (Å²) < 4.78 is 12.3. The SMILES string of the molecule is CCCCCCCCC(CCCCCCC)OC(=O)CCN(CCCCO)CCC(=O)OC1CCC2(C)C(=CC=C3C2CCC2(C)C3CCC2C(C)/C=C/C(C)C(C)C)C1. The highest BCUT2D eigenvalue weighted by molar-refractivity contribution is 5.70. The molecule has 60 heavy (non-hydrogen) atoms. The van der Waals surface area contributed by atoms with Gasteiger partial charge in [0.1, 0.15) is 12.2 Å². The summed E-state index contributed by atoms with van der Waals surface area (Å²) in [5, 5.41) is 9.46. The van der Waals surface area contributed by atoms with Crippen LogP contribution >= 0.6 is 0 Å². The number of rotatable bonds is 29. The van der Waals surface area contributed by atoms with Crippen molar-refractivity contribution in [1.29, 1.82) is 0 Å². The van der Waals surface area contributed by atoms with Crippen LogP contribution in [-0.4, -0.2) is 60.4 Å². The molecule has 344 valence electrons. The van der Waals surface area contributed by atoms with Crippen molar-refractivity contribution in [3.8, 4) is 0 Å². The molecule has 6 nitrogen and oxygen atoms in total. The second-order valence-electron chi connectivity index (χ2n) is 21.0. The van der Waals surface area contributed by atoms with Crippen molar-refractivity contribution in [2.45, 2.75) is 222 Å². The zero-order valence-electron chi connectivity index (χ0n) is 40.3. The van der Waals surface area contributed by atoms with Gasteiger partial charge in [-0.1, -0.05) is 149 Å². The number of hydrogen-bond acceptors (Lipinski definition) is 6. The molecule has 0 aromatic rings. The number of aliphatic hydroxyl groups is 1. The number of allylic oxidation sites excluding steroid dienone is 5. The number of carbonyl (C=O) groups excluding carboxylic acids is 2. The van der Waals surface area contributed by atoms with Gasteiger partial charge in [0, 0.05) is 26.1 Å². The minimum atomic E-state index is -0.135. The Hall–Kier alpha value is -1.92. The van der Waals surface area contributed by atoms with E-state index >= 15 is 0 Å². The molecule has 0 aromatic heterocycles. The van der Waals surface area contributed by atoms with Gasteiger partial charge >= 0.3 is 11.9 Å². The third-order valence-corrected chi connectivity index (χ3v) is 16.3. The first kappa shape index (κ1) is 50.7. The number of fused-ring (bicyclic) bond motifs is 5. The quantitative estimate of drug-likeness (QED) is 0.0459. The number of esters is 2. The topological polar surface area (TPSA) is 76.1 Å². The van der Waals surface area contributed by atoms with Crippen molar-refractivity contribution in [1.82, 2.24) is 4.90 Å². The average Bonchev–Trinajstić information content (AvgIpc) is 3.59. The van der Waals surface area contributed by atoms with Crippen LogP contribution in [-0.2, 0) is 19.1 Å². The summed E-state index contributed by atoms with van der Waals surface area (Å²) in [5.74, 6) is 3.70. The lowest BCUT2D eigenvalue weighted by molar-refractivity contribution is -0.151. The van der Waals surface area contributed by atoms with Gasteiger partial charge < -0.3 is 19.5 Å². The van der Waals surface area contributed by atoms with Gasteiger partial charge in [-0.2, -0.15) is 0 Å². The van der Waals surface area contributed by atoms with Gasteiger partial charge in [-0.25, -0.2) is 0 Å². The Morgan fingerprint density at radius 3 is 2.05 bits per heavy atom. The highest BCUT2D eigenvalue weighted by Crippen LogP contribution is 2.66. The van der Waals surface area contributed by atoms with Crippen LogP contribution in [0.5, 0.6) is 0 Å². The molecular weight excluding hydrogens is 743 g/mol. The normalized spacial score (nSPS) is 27.9. The molecule has 9 atom stereocenters. The fourth-order valence-corrected chi connectivity index (χ4v) is 11.8. The number of unbranched alkanes of at least 4 members (excludes halogenated alkanes) is 10. The third kappa shape index (κ3) is 14.8. The molecule has 4 aliphatic carbocycles. The van der Waals surface area contributed by atoms with E-state index in [0.29, 0.717) is 67.4 Å². The zero-order chi connectivity index (χ0) is 43.5. The molecule has 0 aliphatic heterocycles. The molecule has 3 fully saturated rings. The van der Waals surface area contributed by atoms with Crippen LogP contribution in [0.3, 0.4) is 0 Å². The second kappa shape index (κ2) is 26.0. The van der Waals surface area contributed by atoms with E-state index in [0.717, 1.165) is 63.8 Å². The number of aliphatic hydroxyl groups excluding tert-OH is 1. The fraction of sp³-hybridized carbons (Fsp3) is 0.852. The molecule has 0 radical (unpaired) electrons. The molecule has 3 saturated carbocycles. The van der Waals surface area contributed by atoms with E-state index in [9.17, 15) is 14.7 Å². The molecule has 0 aromatic carbocycles. The Balaban J connectivity index is 1.28. The Morgan fingerprint density at radius 2 is 1.40 bits per heavy atom. The van der Waals surface area contributed by atoms with Crippen molar-refractivity contribution in [2.24, 2.45) is 46.3 Å². The first-order chi connectivity index (χ1) is 28.9. The molecule has 9 unspecified atom stereocenters. The van der Waals surface area contributed by atoms with Crippen LogP contribution in [0, 0.1) is 46.3 Å². The summed E-state index contributed by atoms with van der Waals surface area (Å²) in [4.78, 5) is 28.8. The van der Waals surface area contributed by atoms with Crippen LogP contribution < -0.4 is 0 Å². The first-order valence-corrected chi connectivity index (χ1v) is 25.7. The summed E-state index contributed by atoms with van der Waals surface area (Å²) in [6, 6.07) is 0. The second-order valence-corrected chi connectivity index (χ2v) is 21.0. The third-order valence-electron chi connectivity index (χ3n) is 16.3. The largest absolute Gasteiger partial charge is 0.462 e. The Bertz CT molecular complexity index is 1370. The monoisotopic (exact) mass is 836 g/mol. The van der Waals surface area contributed by atoms with Gasteiger partial charge in [0.15, 0.2) is 0 Å². The van der Waals surface area contributed by atoms with Crippen molar-refractivity contribution in [3.63, 3.8) is 0 Å². The van der Waals surface area contributed by atoms with Crippen LogP contribution in [0.4, 0.5) is 0 Å². The summed E-state index contributed by atoms with van der Waals surface area (Å²) in [6.07, 6.45) is 35.7. The smallest absolute Gasteiger partial charge is 0.307 e.